The van der Waals surface area contributed by atoms with E-state index in [0.717, 1.165) is 5.56 Å². The Balaban J connectivity index is 2.41. The van der Waals surface area contributed by atoms with Crippen molar-refractivity contribution >= 4 is 11.5 Å². The van der Waals surface area contributed by atoms with Crippen LogP contribution in [-0.2, 0) is 5.41 Å². The average molecular weight is 285 g/mol. The van der Waals surface area contributed by atoms with Gasteiger partial charge in [0.15, 0.2) is 5.78 Å². The second kappa shape index (κ2) is 5.32. The van der Waals surface area contributed by atoms with Crippen molar-refractivity contribution in [3.05, 3.63) is 64.5 Å². The van der Waals surface area contributed by atoms with Crippen molar-refractivity contribution in [3.8, 4) is 0 Å². The van der Waals surface area contributed by atoms with E-state index in [-0.39, 0.29) is 16.8 Å². The summed E-state index contributed by atoms with van der Waals surface area (Å²) in [5.74, 6) is -0.850. The van der Waals surface area contributed by atoms with Gasteiger partial charge in [0.2, 0.25) is 0 Å². The summed E-state index contributed by atoms with van der Waals surface area (Å²) in [6.07, 6.45) is 0. The van der Waals surface area contributed by atoms with E-state index >= 15 is 0 Å². The summed E-state index contributed by atoms with van der Waals surface area (Å²) in [7, 11) is 0. The van der Waals surface area contributed by atoms with E-state index in [1.54, 1.807) is 19.1 Å². The lowest BCUT2D eigenvalue weighted by atomic mass is 9.86. The maximum atomic E-state index is 14.1. The van der Waals surface area contributed by atoms with Crippen LogP contribution in [0.4, 0.5) is 10.1 Å². The fourth-order valence-corrected chi connectivity index (χ4v) is 2.24. The molecule has 0 fully saturated rings. The highest BCUT2D eigenvalue weighted by molar-refractivity contribution is 6.09. The number of anilines is 1. The van der Waals surface area contributed by atoms with Gasteiger partial charge in [-0.05, 0) is 35.6 Å². The van der Waals surface area contributed by atoms with Crippen molar-refractivity contribution in [2.45, 2.75) is 33.1 Å². The number of aryl methyl sites for hydroxylation is 1. The number of hydrogen-bond donors (Lipinski definition) is 1. The number of nitrogens with two attached hydrogens (primary N) is 1. The van der Waals surface area contributed by atoms with Gasteiger partial charge in [-0.3, -0.25) is 4.79 Å². The molecule has 3 heteroatoms. The van der Waals surface area contributed by atoms with Crippen molar-refractivity contribution < 1.29 is 9.18 Å². The van der Waals surface area contributed by atoms with Gasteiger partial charge in [0, 0.05) is 11.3 Å². The van der Waals surface area contributed by atoms with Crippen LogP contribution < -0.4 is 5.73 Å². The summed E-state index contributed by atoms with van der Waals surface area (Å²) in [5, 5.41) is 0. The van der Waals surface area contributed by atoms with E-state index in [1.807, 2.05) is 12.1 Å². The predicted molar refractivity (Wildman–Crippen MR) is 84.1 cm³/mol. The third kappa shape index (κ3) is 3.13. The van der Waals surface area contributed by atoms with E-state index < -0.39 is 5.82 Å². The van der Waals surface area contributed by atoms with Gasteiger partial charge in [-0.1, -0.05) is 45.0 Å². The lowest BCUT2D eigenvalue weighted by Gasteiger charge is -2.19. The van der Waals surface area contributed by atoms with Crippen molar-refractivity contribution in [1.29, 1.82) is 0 Å². The number of halogens is 1. The molecular formula is C18H20FNO. The van der Waals surface area contributed by atoms with E-state index in [2.05, 4.69) is 20.8 Å². The van der Waals surface area contributed by atoms with Gasteiger partial charge in [-0.15, -0.1) is 0 Å². The van der Waals surface area contributed by atoms with Crippen molar-refractivity contribution in [3.63, 3.8) is 0 Å². The minimum atomic E-state index is -0.505. The topological polar surface area (TPSA) is 43.1 Å². The molecule has 0 heterocycles. The summed E-state index contributed by atoms with van der Waals surface area (Å²) in [4.78, 5) is 12.4. The highest BCUT2D eigenvalue weighted by atomic mass is 19.1. The zero-order valence-electron chi connectivity index (χ0n) is 12.8. The molecule has 0 aromatic heterocycles. The standard InChI is InChI=1S/C18H20FNO/c1-11-9-14(20)10-15(16(11)19)17(21)12-5-7-13(8-6-12)18(2,3)4/h5-10H,20H2,1-4H3. The molecule has 2 aromatic rings. The van der Waals surface area contributed by atoms with Crippen LogP contribution in [0.15, 0.2) is 36.4 Å². The fraction of sp³-hybridized carbons (Fsp3) is 0.278. The third-order valence-electron chi connectivity index (χ3n) is 3.53. The molecule has 0 radical (unpaired) electrons. The molecule has 2 rings (SSSR count). The Morgan fingerprint density at radius 2 is 1.67 bits per heavy atom. The predicted octanol–water partition coefficient (Wildman–Crippen LogP) is 4.24. The SMILES string of the molecule is Cc1cc(N)cc(C(=O)c2ccc(C(C)(C)C)cc2)c1F. The second-order valence-corrected chi connectivity index (χ2v) is 6.36. The number of hydrogen-bond acceptors (Lipinski definition) is 2. The fourth-order valence-electron chi connectivity index (χ4n) is 2.24. The smallest absolute Gasteiger partial charge is 0.196 e. The van der Waals surface area contributed by atoms with Gasteiger partial charge in [0.1, 0.15) is 5.82 Å². The molecule has 0 aliphatic heterocycles. The molecule has 0 bridgehead atoms. The Bertz CT molecular complexity index is 682. The molecule has 0 spiro atoms. The Morgan fingerprint density at radius 1 is 1.10 bits per heavy atom. The van der Waals surface area contributed by atoms with Crippen molar-refractivity contribution in [1.82, 2.24) is 0 Å². The van der Waals surface area contributed by atoms with Crippen molar-refractivity contribution in [2.75, 3.05) is 5.73 Å². The van der Waals surface area contributed by atoms with Crippen LogP contribution in [0.2, 0.25) is 0 Å². The van der Waals surface area contributed by atoms with Gasteiger partial charge in [-0.2, -0.15) is 0 Å². The van der Waals surface area contributed by atoms with E-state index in [1.165, 1.54) is 12.1 Å². The molecule has 0 saturated heterocycles. The highest BCUT2D eigenvalue weighted by Crippen LogP contribution is 2.24. The average Bonchev–Trinajstić information content (AvgIpc) is 2.41. The van der Waals surface area contributed by atoms with Crippen LogP contribution in [0.3, 0.4) is 0 Å². The minimum Gasteiger partial charge on any atom is -0.399 e. The Morgan fingerprint density at radius 3 is 2.19 bits per heavy atom. The summed E-state index contributed by atoms with van der Waals surface area (Å²) in [6, 6.07) is 10.2. The molecular weight excluding hydrogens is 265 g/mol. The number of carbonyl (C=O) groups is 1. The van der Waals surface area contributed by atoms with Crippen LogP contribution >= 0.6 is 0 Å². The third-order valence-corrected chi connectivity index (χ3v) is 3.53. The first-order valence-electron chi connectivity index (χ1n) is 6.91. The first-order valence-corrected chi connectivity index (χ1v) is 6.91. The molecule has 2 N–H and O–H groups in total. The first kappa shape index (κ1) is 15.2. The molecule has 2 nitrogen and oxygen atoms in total. The number of nitrogen functional groups attached to an aromatic ring is 1. The normalized spacial score (nSPS) is 11.5. The Kier molecular flexibility index (Phi) is 3.86. The molecule has 21 heavy (non-hydrogen) atoms. The lowest BCUT2D eigenvalue weighted by molar-refractivity contribution is 0.103. The molecule has 0 atom stereocenters. The van der Waals surface area contributed by atoms with E-state index in [0.29, 0.717) is 16.8 Å². The summed E-state index contributed by atoms with van der Waals surface area (Å²) in [6.45, 7) is 7.91. The van der Waals surface area contributed by atoms with Crippen LogP contribution in [0.5, 0.6) is 0 Å². The Labute approximate surface area is 124 Å². The number of ketones is 1. The molecule has 0 unspecified atom stereocenters. The van der Waals surface area contributed by atoms with Crippen LogP contribution in [0, 0.1) is 12.7 Å². The van der Waals surface area contributed by atoms with E-state index in [9.17, 15) is 9.18 Å². The minimum absolute atomic E-state index is 0.0145. The summed E-state index contributed by atoms with van der Waals surface area (Å²) >= 11 is 0. The molecule has 0 saturated carbocycles. The lowest BCUT2D eigenvalue weighted by Crippen LogP contribution is -2.12. The maximum absolute atomic E-state index is 14.1. The van der Waals surface area contributed by atoms with E-state index in [4.69, 9.17) is 5.73 Å². The van der Waals surface area contributed by atoms with Gasteiger partial charge in [0.05, 0.1) is 5.56 Å². The zero-order valence-corrected chi connectivity index (χ0v) is 12.8. The van der Waals surface area contributed by atoms with Gasteiger partial charge >= 0.3 is 0 Å². The molecule has 0 amide bonds. The van der Waals surface area contributed by atoms with Crippen LogP contribution in [0.1, 0.15) is 47.8 Å². The molecule has 2 aromatic carbocycles. The summed E-state index contributed by atoms with van der Waals surface area (Å²) in [5.41, 5.74) is 8.11. The first-order chi connectivity index (χ1) is 9.70. The summed E-state index contributed by atoms with van der Waals surface area (Å²) < 4.78 is 14.1. The molecule has 0 aliphatic rings. The molecule has 0 aliphatic carbocycles. The quantitative estimate of drug-likeness (QED) is 0.662. The number of benzene rings is 2. The zero-order chi connectivity index (χ0) is 15.8. The monoisotopic (exact) mass is 285 g/mol. The van der Waals surface area contributed by atoms with Crippen LogP contribution in [0.25, 0.3) is 0 Å². The molecule has 110 valence electrons. The van der Waals surface area contributed by atoms with Gasteiger partial charge in [0.25, 0.3) is 0 Å². The van der Waals surface area contributed by atoms with Gasteiger partial charge < -0.3 is 5.73 Å². The number of rotatable bonds is 2. The highest BCUT2D eigenvalue weighted by Gasteiger charge is 2.18. The number of carbonyl (C=O) groups excluding carboxylic acids is 1. The van der Waals surface area contributed by atoms with Gasteiger partial charge in [-0.25, -0.2) is 4.39 Å². The second-order valence-electron chi connectivity index (χ2n) is 6.36. The Hall–Kier alpha value is -2.16. The van der Waals surface area contributed by atoms with Crippen molar-refractivity contribution in [2.24, 2.45) is 0 Å². The maximum Gasteiger partial charge on any atom is 0.196 e. The van der Waals surface area contributed by atoms with Crippen LogP contribution in [-0.4, -0.2) is 5.78 Å². The largest absolute Gasteiger partial charge is 0.399 e.